The van der Waals surface area contributed by atoms with Crippen LogP contribution < -0.4 is 11.2 Å². The molecule has 16 heavy (non-hydrogen) atoms. The van der Waals surface area contributed by atoms with Gasteiger partial charge in [-0.1, -0.05) is 6.42 Å². The van der Waals surface area contributed by atoms with Gasteiger partial charge in [0.15, 0.2) is 0 Å². The number of nitrogens with two attached hydrogens (primary N) is 1. The van der Waals surface area contributed by atoms with Crippen LogP contribution >= 0.6 is 0 Å². The van der Waals surface area contributed by atoms with Crippen LogP contribution in [0.3, 0.4) is 0 Å². The molecule has 0 aromatic carbocycles. The molecular formula is C13H27N3. The number of nitrogens with one attached hydrogen (secondary N) is 1. The van der Waals surface area contributed by atoms with Gasteiger partial charge in [-0.15, -0.1) is 0 Å². The Morgan fingerprint density at radius 2 is 1.75 bits per heavy atom. The van der Waals surface area contributed by atoms with Crippen molar-refractivity contribution in [2.45, 2.75) is 70.5 Å². The first kappa shape index (κ1) is 12.3. The minimum absolute atomic E-state index is 0.125. The average Bonchev–Trinajstić information content (AvgIpc) is 3.07. The normalized spacial score (nSPS) is 36.0. The van der Waals surface area contributed by atoms with E-state index in [0.717, 1.165) is 12.5 Å². The zero-order chi connectivity index (χ0) is 11.8. The Morgan fingerprint density at radius 1 is 1.19 bits per heavy atom. The van der Waals surface area contributed by atoms with E-state index in [4.69, 9.17) is 5.73 Å². The molecule has 1 saturated heterocycles. The van der Waals surface area contributed by atoms with Crippen LogP contribution in [0.1, 0.15) is 52.9 Å². The summed E-state index contributed by atoms with van der Waals surface area (Å²) in [6, 6.07) is 1.29. The summed E-state index contributed by atoms with van der Waals surface area (Å²) < 4.78 is 0. The lowest BCUT2D eigenvalue weighted by Gasteiger charge is -2.45. The van der Waals surface area contributed by atoms with E-state index in [1.165, 1.54) is 32.1 Å². The zero-order valence-corrected chi connectivity index (χ0v) is 11.0. The van der Waals surface area contributed by atoms with E-state index in [0.29, 0.717) is 12.1 Å². The molecule has 1 saturated carbocycles. The number of piperidine rings is 1. The van der Waals surface area contributed by atoms with Crippen LogP contribution in [0.4, 0.5) is 0 Å². The SMILES string of the molecule is CC1CCCC(C)N1NC(C)(CN)C1CC1. The van der Waals surface area contributed by atoms with E-state index in [2.05, 4.69) is 31.2 Å². The molecule has 0 bridgehead atoms. The highest BCUT2D eigenvalue weighted by atomic mass is 15.6. The molecule has 1 aliphatic carbocycles. The zero-order valence-electron chi connectivity index (χ0n) is 11.0. The fourth-order valence-corrected chi connectivity index (χ4v) is 2.96. The lowest BCUT2D eigenvalue weighted by molar-refractivity contribution is 0.000468. The summed E-state index contributed by atoms with van der Waals surface area (Å²) in [5.41, 5.74) is 9.84. The van der Waals surface area contributed by atoms with Crippen LogP contribution in [0.15, 0.2) is 0 Å². The van der Waals surface area contributed by atoms with Crippen molar-refractivity contribution in [3.05, 3.63) is 0 Å². The quantitative estimate of drug-likeness (QED) is 0.767. The minimum atomic E-state index is 0.125. The summed E-state index contributed by atoms with van der Waals surface area (Å²) in [5.74, 6) is 0.791. The van der Waals surface area contributed by atoms with Gasteiger partial charge in [-0.3, -0.25) is 0 Å². The van der Waals surface area contributed by atoms with Crippen molar-refractivity contribution in [3.63, 3.8) is 0 Å². The number of hydrogen-bond acceptors (Lipinski definition) is 3. The first-order chi connectivity index (χ1) is 7.57. The van der Waals surface area contributed by atoms with Crippen molar-refractivity contribution in [2.75, 3.05) is 6.54 Å². The summed E-state index contributed by atoms with van der Waals surface area (Å²) in [5, 5.41) is 2.47. The lowest BCUT2D eigenvalue weighted by Crippen LogP contribution is -2.63. The third kappa shape index (κ3) is 2.41. The molecule has 3 heteroatoms. The van der Waals surface area contributed by atoms with E-state index in [1.54, 1.807) is 0 Å². The summed E-state index contributed by atoms with van der Waals surface area (Å²) in [6.07, 6.45) is 6.67. The highest BCUT2D eigenvalue weighted by molar-refractivity contribution is 4.99. The Morgan fingerprint density at radius 3 is 2.19 bits per heavy atom. The van der Waals surface area contributed by atoms with Crippen molar-refractivity contribution in [3.8, 4) is 0 Å². The maximum Gasteiger partial charge on any atom is 0.0448 e. The van der Waals surface area contributed by atoms with Gasteiger partial charge in [0.25, 0.3) is 0 Å². The van der Waals surface area contributed by atoms with Crippen LogP contribution in [0.2, 0.25) is 0 Å². The van der Waals surface area contributed by atoms with Crippen LogP contribution in [0.25, 0.3) is 0 Å². The van der Waals surface area contributed by atoms with E-state index in [9.17, 15) is 0 Å². The number of rotatable bonds is 4. The third-order valence-corrected chi connectivity index (χ3v) is 4.48. The molecule has 1 heterocycles. The predicted octanol–water partition coefficient (Wildman–Crippen LogP) is 1.88. The van der Waals surface area contributed by atoms with Gasteiger partial charge in [-0.05, 0) is 52.4 Å². The summed E-state index contributed by atoms with van der Waals surface area (Å²) >= 11 is 0. The van der Waals surface area contributed by atoms with E-state index < -0.39 is 0 Å². The van der Waals surface area contributed by atoms with E-state index in [1.807, 2.05) is 0 Å². The van der Waals surface area contributed by atoms with Gasteiger partial charge in [0.1, 0.15) is 0 Å². The van der Waals surface area contributed by atoms with Crippen LogP contribution in [-0.2, 0) is 0 Å². The van der Waals surface area contributed by atoms with Gasteiger partial charge in [0, 0.05) is 24.2 Å². The highest BCUT2D eigenvalue weighted by Crippen LogP contribution is 2.39. The predicted molar refractivity (Wildman–Crippen MR) is 67.9 cm³/mol. The Bertz CT molecular complexity index is 229. The molecule has 3 atom stereocenters. The Labute approximate surface area is 99.7 Å². The van der Waals surface area contributed by atoms with Gasteiger partial charge in [-0.2, -0.15) is 0 Å². The molecule has 0 radical (unpaired) electrons. The van der Waals surface area contributed by atoms with Gasteiger partial charge in [-0.25, -0.2) is 10.4 Å². The number of hydrazine groups is 1. The van der Waals surface area contributed by atoms with E-state index >= 15 is 0 Å². The second-order valence-corrected chi connectivity index (χ2v) is 6.04. The summed E-state index contributed by atoms with van der Waals surface area (Å²) in [6.45, 7) is 7.69. The molecule has 2 rings (SSSR count). The Kier molecular flexibility index (Phi) is 3.57. The largest absolute Gasteiger partial charge is 0.329 e. The fourth-order valence-electron chi connectivity index (χ4n) is 2.96. The molecule has 0 amide bonds. The molecule has 0 aromatic rings. The minimum Gasteiger partial charge on any atom is -0.329 e. The topological polar surface area (TPSA) is 41.3 Å². The van der Waals surface area contributed by atoms with Crippen molar-refractivity contribution in [1.82, 2.24) is 10.4 Å². The van der Waals surface area contributed by atoms with Gasteiger partial charge >= 0.3 is 0 Å². The molecule has 2 fully saturated rings. The molecule has 1 aliphatic heterocycles. The Hall–Kier alpha value is -0.120. The molecule has 3 nitrogen and oxygen atoms in total. The average molecular weight is 225 g/mol. The smallest absolute Gasteiger partial charge is 0.0448 e. The van der Waals surface area contributed by atoms with Crippen molar-refractivity contribution < 1.29 is 0 Å². The number of nitrogens with zero attached hydrogens (tertiary/aromatic N) is 1. The van der Waals surface area contributed by atoms with Crippen LogP contribution in [-0.4, -0.2) is 29.2 Å². The second kappa shape index (κ2) is 4.63. The fraction of sp³-hybridized carbons (Fsp3) is 1.00. The summed E-state index contributed by atoms with van der Waals surface area (Å²) in [4.78, 5) is 0. The molecule has 3 N–H and O–H groups in total. The standard InChI is InChI=1S/C13H27N3/c1-10-5-4-6-11(2)16(10)15-13(3,9-14)12-7-8-12/h10-12,15H,4-9,14H2,1-3H3. The molecule has 94 valence electrons. The first-order valence-corrected chi connectivity index (χ1v) is 6.83. The number of hydrogen-bond donors (Lipinski definition) is 2. The molecular weight excluding hydrogens is 198 g/mol. The highest BCUT2D eigenvalue weighted by Gasteiger charge is 2.43. The van der Waals surface area contributed by atoms with Crippen molar-refractivity contribution in [2.24, 2.45) is 11.7 Å². The third-order valence-electron chi connectivity index (χ3n) is 4.48. The molecule has 0 aromatic heterocycles. The monoisotopic (exact) mass is 225 g/mol. The van der Waals surface area contributed by atoms with Gasteiger partial charge in [0.2, 0.25) is 0 Å². The molecule has 3 unspecified atom stereocenters. The molecule has 2 aliphatic rings. The second-order valence-electron chi connectivity index (χ2n) is 6.04. The van der Waals surface area contributed by atoms with Crippen molar-refractivity contribution in [1.29, 1.82) is 0 Å². The van der Waals surface area contributed by atoms with Gasteiger partial charge in [0.05, 0.1) is 0 Å². The van der Waals surface area contributed by atoms with Crippen molar-refractivity contribution >= 4 is 0 Å². The lowest BCUT2D eigenvalue weighted by atomic mass is 9.95. The van der Waals surface area contributed by atoms with E-state index in [-0.39, 0.29) is 5.54 Å². The van der Waals surface area contributed by atoms with Crippen LogP contribution in [0, 0.1) is 5.92 Å². The van der Waals surface area contributed by atoms with Crippen LogP contribution in [0.5, 0.6) is 0 Å². The Balaban J connectivity index is 2.00. The maximum atomic E-state index is 5.97. The first-order valence-electron chi connectivity index (χ1n) is 6.83. The summed E-state index contributed by atoms with van der Waals surface area (Å²) in [7, 11) is 0. The van der Waals surface area contributed by atoms with Gasteiger partial charge < -0.3 is 5.73 Å². The molecule has 0 spiro atoms. The maximum absolute atomic E-state index is 5.97.